The van der Waals surface area contributed by atoms with Gasteiger partial charge in [-0.1, -0.05) is 45.0 Å². The van der Waals surface area contributed by atoms with Crippen LogP contribution in [0.3, 0.4) is 0 Å². The number of hydrogen-bond acceptors (Lipinski definition) is 3. The molecule has 0 aliphatic carbocycles. The number of benzene rings is 2. The van der Waals surface area contributed by atoms with Crippen molar-refractivity contribution in [2.24, 2.45) is 5.41 Å². The van der Waals surface area contributed by atoms with Gasteiger partial charge in [0.15, 0.2) is 5.65 Å². The maximum Gasteiger partial charge on any atom is 0.265 e. The second kappa shape index (κ2) is 6.20. The number of aromatic nitrogens is 2. The molecule has 2 aromatic heterocycles. The van der Waals surface area contributed by atoms with Crippen molar-refractivity contribution in [3.8, 4) is 0 Å². The number of pyridine rings is 1. The lowest BCUT2D eigenvalue weighted by Crippen LogP contribution is -2.33. The molecule has 2 aromatic carbocycles. The Kier molecular flexibility index (Phi) is 3.95. The summed E-state index contributed by atoms with van der Waals surface area (Å²) < 4.78 is 1.45. The molecule has 0 fully saturated rings. The van der Waals surface area contributed by atoms with Crippen LogP contribution in [0.15, 0.2) is 59.5 Å². The second-order valence-corrected chi connectivity index (χ2v) is 7.99. The molecule has 0 saturated carbocycles. The molecule has 5 nitrogen and oxygen atoms in total. The highest BCUT2D eigenvalue weighted by molar-refractivity contribution is 6.02. The number of rotatable bonds is 2. The van der Waals surface area contributed by atoms with Crippen molar-refractivity contribution in [1.82, 2.24) is 14.7 Å². The van der Waals surface area contributed by atoms with Crippen LogP contribution in [0.1, 0.15) is 31.1 Å². The van der Waals surface area contributed by atoms with Gasteiger partial charge in [0.2, 0.25) is 0 Å². The Bertz CT molecular complexity index is 1250. The number of amides is 1. The van der Waals surface area contributed by atoms with Crippen molar-refractivity contribution in [2.45, 2.75) is 20.8 Å². The summed E-state index contributed by atoms with van der Waals surface area (Å²) in [5, 5.41) is 5.47. The third kappa shape index (κ3) is 3.16. The van der Waals surface area contributed by atoms with Gasteiger partial charge in [-0.15, -0.1) is 0 Å². The summed E-state index contributed by atoms with van der Waals surface area (Å²) in [6, 6.07) is 15.0. The normalized spacial score (nSPS) is 12.0. The minimum absolute atomic E-state index is 0.0316. The zero-order valence-corrected chi connectivity index (χ0v) is 15.6. The van der Waals surface area contributed by atoms with Gasteiger partial charge < -0.3 is 5.32 Å². The Morgan fingerprint density at radius 1 is 1.07 bits per heavy atom. The Balaban J connectivity index is 1.93. The lowest BCUT2D eigenvalue weighted by atomic mass is 9.97. The standard InChI is InChI=1S/C22H21N3O2/c1-22(2,3)13-23-20(26)16-9-6-10-25-19(16)24-18-12-15-8-5-4-7-14(15)11-17(18)21(25)27/h4-12H,13H2,1-3H3,(H,23,26). The van der Waals surface area contributed by atoms with Gasteiger partial charge in [-0.3, -0.25) is 14.0 Å². The molecule has 4 aromatic rings. The van der Waals surface area contributed by atoms with Gasteiger partial charge in [-0.25, -0.2) is 4.98 Å². The zero-order valence-electron chi connectivity index (χ0n) is 15.6. The lowest BCUT2D eigenvalue weighted by molar-refractivity contribution is 0.0940. The molecule has 0 atom stereocenters. The quantitative estimate of drug-likeness (QED) is 0.554. The van der Waals surface area contributed by atoms with Gasteiger partial charge in [0.25, 0.3) is 11.5 Å². The molecule has 27 heavy (non-hydrogen) atoms. The van der Waals surface area contributed by atoms with Crippen molar-refractivity contribution in [3.63, 3.8) is 0 Å². The Hall–Kier alpha value is -3.21. The molecule has 0 aliphatic rings. The van der Waals surface area contributed by atoms with E-state index >= 15 is 0 Å². The molecule has 0 spiro atoms. The summed E-state index contributed by atoms with van der Waals surface area (Å²) >= 11 is 0. The molecule has 136 valence electrons. The fraction of sp³-hybridized carbons (Fsp3) is 0.227. The van der Waals surface area contributed by atoms with E-state index in [1.165, 1.54) is 4.40 Å². The predicted molar refractivity (Wildman–Crippen MR) is 108 cm³/mol. The summed E-state index contributed by atoms with van der Waals surface area (Å²) in [6.45, 7) is 6.70. The first-order chi connectivity index (χ1) is 12.8. The van der Waals surface area contributed by atoms with Crippen LogP contribution in [0.25, 0.3) is 27.3 Å². The molecule has 1 N–H and O–H groups in total. The van der Waals surface area contributed by atoms with E-state index in [-0.39, 0.29) is 16.9 Å². The number of nitrogens with zero attached hydrogens (tertiary/aromatic N) is 2. The summed E-state index contributed by atoms with van der Waals surface area (Å²) in [5.41, 5.74) is 1.16. The highest BCUT2D eigenvalue weighted by Crippen LogP contribution is 2.21. The molecular formula is C22H21N3O2. The van der Waals surface area contributed by atoms with Gasteiger partial charge in [-0.2, -0.15) is 0 Å². The highest BCUT2D eigenvalue weighted by atomic mass is 16.2. The summed E-state index contributed by atoms with van der Waals surface area (Å²) in [4.78, 5) is 30.4. The van der Waals surface area contributed by atoms with Crippen molar-refractivity contribution in [1.29, 1.82) is 0 Å². The maximum absolute atomic E-state index is 13.0. The number of fused-ring (bicyclic) bond motifs is 3. The van der Waals surface area contributed by atoms with E-state index in [0.717, 1.165) is 10.8 Å². The number of nitrogens with one attached hydrogen (secondary N) is 1. The van der Waals surface area contributed by atoms with Gasteiger partial charge in [0.05, 0.1) is 16.5 Å². The second-order valence-electron chi connectivity index (χ2n) is 7.99. The van der Waals surface area contributed by atoms with Crippen LogP contribution >= 0.6 is 0 Å². The molecular weight excluding hydrogens is 338 g/mol. The van der Waals surface area contributed by atoms with Crippen molar-refractivity contribution in [2.75, 3.05) is 6.54 Å². The van der Waals surface area contributed by atoms with E-state index in [9.17, 15) is 9.59 Å². The fourth-order valence-corrected chi connectivity index (χ4v) is 3.13. The fourth-order valence-electron chi connectivity index (χ4n) is 3.13. The average Bonchev–Trinajstić information content (AvgIpc) is 2.64. The zero-order chi connectivity index (χ0) is 19.2. The van der Waals surface area contributed by atoms with E-state index in [1.54, 1.807) is 18.3 Å². The first kappa shape index (κ1) is 17.2. The molecule has 0 aliphatic heterocycles. The molecule has 0 radical (unpaired) electrons. The summed E-state index contributed by atoms with van der Waals surface area (Å²) in [6.07, 6.45) is 1.65. The molecule has 1 amide bonds. The van der Waals surface area contributed by atoms with Gasteiger partial charge in [-0.05, 0) is 40.5 Å². The molecule has 4 rings (SSSR count). The first-order valence-corrected chi connectivity index (χ1v) is 8.96. The van der Waals surface area contributed by atoms with Gasteiger partial charge in [0, 0.05) is 12.7 Å². The third-order valence-corrected chi connectivity index (χ3v) is 4.53. The number of carbonyl (C=O) groups is 1. The topological polar surface area (TPSA) is 63.5 Å². The molecule has 2 heterocycles. The van der Waals surface area contributed by atoms with Crippen molar-refractivity contribution < 1.29 is 4.79 Å². The number of hydrogen-bond donors (Lipinski definition) is 1. The number of carbonyl (C=O) groups excluding carboxylic acids is 1. The maximum atomic E-state index is 13.0. The van der Waals surface area contributed by atoms with Crippen LogP contribution < -0.4 is 10.9 Å². The lowest BCUT2D eigenvalue weighted by Gasteiger charge is -2.19. The monoisotopic (exact) mass is 359 g/mol. The van der Waals surface area contributed by atoms with Crippen LogP contribution in [0.2, 0.25) is 0 Å². The first-order valence-electron chi connectivity index (χ1n) is 8.96. The third-order valence-electron chi connectivity index (χ3n) is 4.53. The minimum atomic E-state index is -0.227. The summed E-state index contributed by atoms with van der Waals surface area (Å²) in [5.74, 6) is -0.227. The van der Waals surface area contributed by atoms with Crippen LogP contribution in [-0.2, 0) is 0 Å². The van der Waals surface area contributed by atoms with Crippen LogP contribution in [0.4, 0.5) is 0 Å². The molecule has 0 saturated heterocycles. The van der Waals surface area contributed by atoms with E-state index in [0.29, 0.717) is 28.7 Å². The van der Waals surface area contributed by atoms with Crippen molar-refractivity contribution in [3.05, 3.63) is 70.6 Å². The van der Waals surface area contributed by atoms with Crippen LogP contribution in [-0.4, -0.2) is 21.8 Å². The van der Waals surface area contributed by atoms with Crippen LogP contribution in [0.5, 0.6) is 0 Å². The van der Waals surface area contributed by atoms with E-state index in [4.69, 9.17) is 0 Å². The Labute approximate surface area is 156 Å². The van der Waals surface area contributed by atoms with E-state index in [1.807, 2.05) is 36.4 Å². The smallest absolute Gasteiger partial charge is 0.265 e. The SMILES string of the molecule is CC(C)(C)CNC(=O)c1cccn2c(=O)c3cc4ccccc4cc3nc12. The van der Waals surface area contributed by atoms with E-state index < -0.39 is 0 Å². The molecule has 5 heteroatoms. The van der Waals surface area contributed by atoms with Gasteiger partial charge in [0.1, 0.15) is 0 Å². The minimum Gasteiger partial charge on any atom is -0.351 e. The average molecular weight is 359 g/mol. The van der Waals surface area contributed by atoms with Gasteiger partial charge >= 0.3 is 0 Å². The molecule has 0 unspecified atom stereocenters. The van der Waals surface area contributed by atoms with Crippen LogP contribution in [0, 0.1) is 5.41 Å². The highest BCUT2D eigenvalue weighted by Gasteiger charge is 2.17. The largest absolute Gasteiger partial charge is 0.351 e. The summed E-state index contributed by atoms with van der Waals surface area (Å²) in [7, 11) is 0. The Morgan fingerprint density at radius 3 is 2.48 bits per heavy atom. The Morgan fingerprint density at radius 2 is 1.78 bits per heavy atom. The van der Waals surface area contributed by atoms with Crippen molar-refractivity contribution >= 4 is 33.2 Å². The molecule has 0 bridgehead atoms. The predicted octanol–water partition coefficient (Wildman–Crippen LogP) is 3.78. The van der Waals surface area contributed by atoms with E-state index in [2.05, 4.69) is 31.1 Å².